The zero-order valence-corrected chi connectivity index (χ0v) is 20.5. The van der Waals surface area contributed by atoms with Crippen molar-refractivity contribution in [1.82, 2.24) is 14.8 Å². The molecule has 0 spiro atoms. The summed E-state index contributed by atoms with van der Waals surface area (Å²) in [6, 6.07) is 20.7. The van der Waals surface area contributed by atoms with E-state index < -0.39 is 0 Å². The molecule has 0 atom stereocenters. The van der Waals surface area contributed by atoms with Crippen molar-refractivity contribution >= 4 is 23.2 Å². The van der Waals surface area contributed by atoms with Gasteiger partial charge in [-0.25, -0.2) is 4.98 Å². The number of benzene rings is 2. The van der Waals surface area contributed by atoms with Crippen molar-refractivity contribution in [2.24, 2.45) is 0 Å². The Morgan fingerprint density at radius 3 is 2.22 bits per heavy atom. The van der Waals surface area contributed by atoms with E-state index >= 15 is 0 Å². The summed E-state index contributed by atoms with van der Waals surface area (Å²) in [4.78, 5) is 36.6. The van der Waals surface area contributed by atoms with E-state index in [0.717, 1.165) is 69.4 Å². The van der Waals surface area contributed by atoms with E-state index in [1.807, 2.05) is 65.6 Å². The lowest BCUT2D eigenvalue weighted by molar-refractivity contribution is 0.0664. The molecule has 2 saturated heterocycles. The van der Waals surface area contributed by atoms with Crippen LogP contribution < -0.4 is 10.2 Å². The monoisotopic (exact) mass is 485 g/mol. The molecule has 0 bridgehead atoms. The number of carbonyl (C=O) groups is 2. The van der Waals surface area contributed by atoms with E-state index in [-0.39, 0.29) is 11.8 Å². The highest BCUT2D eigenvalue weighted by Crippen LogP contribution is 2.21. The van der Waals surface area contributed by atoms with Gasteiger partial charge in [-0.1, -0.05) is 18.2 Å². The average Bonchev–Trinajstić information content (AvgIpc) is 2.94. The van der Waals surface area contributed by atoms with Gasteiger partial charge >= 0.3 is 0 Å². The highest BCUT2D eigenvalue weighted by atomic mass is 16.5. The predicted molar refractivity (Wildman–Crippen MR) is 141 cm³/mol. The van der Waals surface area contributed by atoms with Gasteiger partial charge in [-0.15, -0.1) is 0 Å². The van der Waals surface area contributed by atoms with Crippen LogP contribution in [0.1, 0.15) is 20.8 Å². The lowest BCUT2D eigenvalue weighted by atomic mass is 10.1. The van der Waals surface area contributed by atoms with Crippen LogP contribution in [0.15, 0.2) is 66.7 Å². The molecule has 0 radical (unpaired) electrons. The minimum Gasteiger partial charge on any atom is -0.378 e. The predicted octanol–water partition coefficient (Wildman–Crippen LogP) is 3.23. The van der Waals surface area contributed by atoms with Crippen molar-refractivity contribution in [2.45, 2.75) is 0 Å². The number of rotatable bonds is 5. The van der Waals surface area contributed by atoms with Gasteiger partial charge in [-0.2, -0.15) is 0 Å². The summed E-state index contributed by atoms with van der Waals surface area (Å²) in [6.45, 7) is 6.46. The summed E-state index contributed by atoms with van der Waals surface area (Å²) in [7, 11) is 2.07. The molecule has 0 aliphatic carbocycles. The Hall–Kier alpha value is -3.75. The highest BCUT2D eigenvalue weighted by Gasteiger charge is 2.20. The molecule has 1 aromatic heterocycles. The normalized spacial score (nSPS) is 16.6. The van der Waals surface area contributed by atoms with Crippen molar-refractivity contribution in [2.75, 3.05) is 69.7 Å². The average molecular weight is 486 g/mol. The third-order valence-corrected chi connectivity index (χ3v) is 6.70. The fourth-order valence-electron chi connectivity index (χ4n) is 4.47. The van der Waals surface area contributed by atoms with Crippen LogP contribution in [0.3, 0.4) is 0 Å². The summed E-state index contributed by atoms with van der Waals surface area (Å²) in [5.41, 5.74) is 4.38. The van der Waals surface area contributed by atoms with Crippen LogP contribution in [0.5, 0.6) is 0 Å². The summed E-state index contributed by atoms with van der Waals surface area (Å²) >= 11 is 0. The first-order valence-corrected chi connectivity index (χ1v) is 12.4. The van der Waals surface area contributed by atoms with Crippen molar-refractivity contribution in [3.8, 4) is 11.3 Å². The van der Waals surface area contributed by atoms with E-state index in [0.29, 0.717) is 17.0 Å². The molecule has 0 saturated carbocycles. The standard InChI is InChI=1S/C28H31N5O3/c1-31-13-15-33(16-14-31)28(35)22-7-5-21(6-8-22)25-3-2-4-26(30-25)27(34)29-23-9-11-24(12-10-23)32-17-19-36-20-18-32/h2-12H,13-20H2,1H3,(H,29,34). The smallest absolute Gasteiger partial charge is 0.274 e. The fourth-order valence-corrected chi connectivity index (χ4v) is 4.47. The van der Waals surface area contributed by atoms with E-state index in [2.05, 4.69) is 27.1 Å². The van der Waals surface area contributed by atoms with Crippen LogP contribution in [0.2, 0.25) is 0 Å². The number of pyridine rings is 1. The molecule has 3 aromatic rings. The van der Waals surface area contributed by atoms with Gasteiger partial charge in [0, 0.05) is 61.8 Å². The van der Waals surface area contributed by atoms with Crippen LogP contribution in [0, 0.1) is 0 Å². The molecule has 0 unspecified atom stereocenters. The van der Waals surface area contributed by atoms with Crippen LogP contribution in [-0.2, 0) is 4.74 Å². The Morgan fingerprint density at radius 1 is 0.833 bits per heavy atom. The molecule has 8 heteroatoms. The number of ether oxygens (including phenoxy) is 1. The number of hydrogen-bond acceptors (Lipinski definition) is 6. The second-order valence-corrected chi connectivity index (χ2v) is 9.18. The molecule has 2 aliphatic heterocycles. The van der Waals surface area contributed by atoms with Crippen LogP contribution in [-0.4, -0.2) is 86.1 Å². The van der Waals surface area contributed by atoms with Crippen molar-refractivity contribution < 1.29 is 14.3 Å². The molecule has 8 nitrogen and oxygen atoms in total. The number of carbonyl (C=O) groups excluding carboxylic acids is 2. The number of nitrogens with zero attached hydrogens (tertiary/aromatic N) is 4. The molecule has 2 fully saturated rings. The van der Waals surface area contributed by atoms with Gasteiger partial charge in [0.25, 0.3) is 11.8 Å². The summed E-state index contributed by atoms with van der Waals surface area (Å²) < 4.78 is 5.41. The minimum absolute atomic E-state index is 0.0513. The molecule has 186 valence electrons. The van der Waals surface area contributed by atoms with E-state index in [1.54, 1.807) is 6.07 Å². The van der Waals surface area contributed by atoms with Crippen molar-refractivity contribution in [3.05, 3.63) is 78.0 Å². The van der Waals surface area contributed by atoms with Gasteiger partial charge in [0.2, 0.25) is 0 Å². The number of likely N-dealkylation sites (N-methyl/N-ethyl adjacent to an activating group) is 1. The summed E-state index contributed by atoms with van der Waals surface area (Å²) in [5.74, 6) is -0.215. The van der Waals surface area contributed by atoms with Crippen LogP contribution >= 0.6 is 0 Å². The molecule has 5 rings (SSSR count). The van der Waals surface area contributed by atoms with Gasteiger partial charge in [-0.3, -0.25) is 9.59 Å². The second-order valence-electron chi connectivity index (χ2n) is 9.18. The lowest BCUT2D eigenvalue weighted by Gasteiger charge is -2.32. The SMILES string of the molecule is CN1CCN(C(=O)c2ccc(-c3cccc(C(=O)Nc4ccc(N5CCOCC5)cc4)n3)cc2)CC1. The number of anilines is 2. The topological polar surface area (TPSA) is 78.0 Å². The Bertz CT molecular complexity index is 1200. The molecule has 1 N–H and O–H groups in total. The number of hydrogen-bond donors (Lipinski definition) is 1. The molecule has 36 heavy (non-hydrogen) atoms. The Labute approximate surface area is 211 Å². The Kier molecular flexibility index (Phi) is 7.25. The fraction of sp³-hybridized carbons (Fsp3) is 0.321. The molecular weight excluding hydrogens is 454 g/mol. The first kappa shape index (κ1) is 24.0. The number of aromatic nitrogens is 1. The molecular formula is C28H31N5O3. The molecule has 2 aromatic carbocycles. The maximum atomic E-state index is 12.9. The lowest BCUT2D eigenvalue weighted by Crippen LogP contribution is -2.47. The molecule has 3 heterocycles. The summed E-state index contributed by atoms with van der Waals surface area (Å²) in [6.07, 6.45) is 0. The highest BCUT2D eigenvalue weighted by molar-refractivity contribution is 6.03. The number of amides is 2. The number of piperazine rings is 1. The van der Waals surface area contributed by atoms with Gasteiger partial charge in [0.15, 0.2) is 0 Å². The van der Waals surface area contributed by atoms with Crippen LogP contribution in [0.25, 0.3) is 11.3 Å². The van der Waals surface area contributed by atoms with E-state index in [1.165, 1.54) is 0 Å². The van der Waals surface area contributed by atoms with Gasteiger partial charge in [0.05, 0.1) is 18.9 Å². The van der Waals surface area contributed by atoms with Crippen molar-refractivity contribution in [1.29, 1.82) is 0 Å². The third kappa shape index (κ3) is 5.56. The first-order valence-electron chi connectivity index (χ1n) is 12.4. The maximum absolute atomic E-state index is 12.9. The summed E-state index contributed by atoms with van der Waals surface area (Å²) in [5, 5.41) is 2.93. The Balaban J connectivity index is 1.23. The van der Waals surface area contributed by atoms with Gasteiger partial charge < -0.3 is 24.8 Å². The third-order valence-electron chi connectivity index (χ3n) is 6.70. The number of nitrogens with one attached hydrogen (secondary N) is 1. The van der Waals surface area contributed by atoms with E-state index in [4.69, 9.17) is 4.74 Å². The zero-order chi connectivity index (χ0) is 24.9. The Morgan fingerprint density at radius 2 is 1.53 bits per heavy atom. The van der Waals surface area contributed by atoms with Crippen molar-refractivity contribution in [3.63, 3.8) is 0 Å². The first-order chi connectivity index (χ1) is 17.6. The van der Waals surface area contributed by atoms with Gasteiger partial charge in [0.1, 0.15) is 5.69 Å². The quantitative estimate of drug-likeness (QED) is 0.598. The molecule has 2 aliphatic rings. The second kappa shape index (κ2) is 10.9. The minimum atomic E-state index is -0.266. The molecule has 2 amide bonds. The van der Waals surface area contributed by atoms with Gasteiger partial charge in [-0.05, 0) is 55.6 Å². The number of morpholine rings is 1. The van der Waals surface area contributed by atoms with E-state index in [9.17, 15) is 9.59 Å². The van der Waals surface area contributed by atoms with Crippen LogP contribution in [0.4, 0.5) is 11.4 Å². The zero-order valence-electron chi connectivity index (χ0n) is 20.5. The maximum Gasteiger partial charge on any atom is 0.274 e. The largest absolute Gasteiger partial charge is 0.378 e.